The zero-order valence-corrected chi connectivity index (χ0v) is 20.3. The number of aryl methyl sites for hydroxylation is 1. The fraction of sp³-hybridized carbons (Fsp3) is 0.148. The Kier molecular flexibility index (Phi) is 7.92. The standard InChI is InChI=1S/C27H24FN3O4S/c1-18-10-12-19(13-11-18)25(27(34)29-16-20-6-4-14-35-20)31(22-8-3-2-7-21(22)28)24(32)17-30-26(33)23-9-5-15-36-23/h2-15,25H,16-17H2,1H3,(H,29,34)(H,30,33)/t25-/m1/s1. The van der Waals surface area contributed by atoms with E-state index in [9.17, 15) is 14.4 Å². The third-order valence-corrected chi connectivity index (χ3v) is 6.31. The number of nitrogens with one attached hydrogen (secondary N) is 2. The predicted molar refractivity (Wildman–Crippen MR) is 135 cm³/mol. The lowest BCUT2D eigenvalue weighted by molar-refractivity contribution is -0.126. The van der Waals surface area contributed by atoms with Gasteiger partial charge >= 0.3 is 0 Å². The van der Waals surface area contributed by atoms with Crippen LogP contribution >= 0.6 is 11.3 Å². The van der Waals surface area contributed by atoms with Crippen molar-refractivity contribution in [1.82, 2.24) is 10.6 Å². The van der Waals surface area contributed by atoms with E-state index in [0.717, 1.165) is 10.5 Å². The molecule has 0 aliphatic carbocycles. The monoisotopic (exact) mass is 505 g/mol. The van der Waals surface area contributed by atoms with Crippen LogP contribution in [0.5, 0.6) is 0 Å². The molecular weight excluding hydrogens is 481 g/mol. The van der Waals surface area contributed by atoms with Crippen molar-refractivity contribution in [1.29, 1.82) is 0 Å². The van der Waals surface area contributed by atoms with Crippen LogP contribution in [0.1, 0.15) is 32.6 Å². The third-order valence-electron chi connectivity index (χ3n) is 5.44. The summed E-state index contributed by atoms with van der Waals surface area (Å²) in [6, 6.07) is 18.3. The van der Waals surface area contributed by atoms with Crippen LogP contribution in [0.15, 0.2) is 88.9 Å². The molecule has 0 aliphatic rings. The molecule has 3 amide bonds. The third kappa shape index (κ3) is 5.87. The van der Waals surface area contributed by atoms with E-state index in [1.54, 1.807) is 47.8 Å². The number of nitrogens with zero attached hydrogens (tertiary/aromatic N) is 1. The number of carbonyl (C=O) groups is 3. The number of carbonyl (C=O) groups excluding carboxylic acids is 3. The van der Waals surface area contributed by atoms with E-state index in [1.807, 2.05) is 19.1 Å². The number of thiophene rings is 1. The lowest BCUT2D eigenvalue weighted by atomic mass is 10.0. The molecule has 0 saturated heterocycles. The van der Waals surface area contributed by atoms with Crippen molar-refractivity contribution < 1.29 is 23.2 Å². The van der Waals surface area contributed by atoms with Crippen molar-refractivity contribution in [2.75, 3.05) is 11.4 Å². The molecule has 0 bridgehead atoms. The highest BCUT2D eigenvalue weighted by Gasteiger charge is 2.34. The number of halogens is 1. The molecule has 0 spiro atoms. The van der Waals surface area contributed by atoms with Crippen molar-refractivity contribution in [3.63, 3.8) is 0 Å². The largest absolute Gasteiger partial charge is 0.467 e. The molecule has 184 valence electrons. The number of amides is 3. The van der Waals surface area contributed by atoms with E-state index < -0.39 is 36.1 Å². The van der Waals surface area contributed by atoms with Gasteiger partial charge in [0.2, 0.25) is 11.8 Å². The Bertz CT molecular complexity index is 1320. The Hall–Kier alpha value is -4.24. The number of rotatable bonds is 9. The number of para-hydroxylation sites is 1. The fourth-order valence-electron chi connectivity index (χ4n) is 3.65. The van der Waals surface area contributed by atoms with Crippen LogP contribution in [-0.4, -0.2) is 24.3 Å². The SMILES string of the molecule is Cc1ccc([C@H](C(=O)NCc2ccco2)N(C(=O)CNC(=O)c2cccs2)c2ccccc2F)cc1. The van der Waals surface area contributed by atoms with E-state index in [2.05, 4.69) is 10.6 Å². The van der Waals surface area contributed by atoms with Crippen LogP contribution in [0.2, 0.25) is 0 Å². The molecule has 0 unspecified atom stereocenters. The molecule has 9 heteroatoms. The van der Waals surface area contributed by atoms with Crippen LogP contribution in [0.4, 0.5) is 10.1 Å². The topological polar surface area (TPSA) is 91.7 Å². The molecule has 36 heavy (non-hydrogen) atoms. The van der Waals surface area contributed by atoms with Crippen molar-refractivity contribution in [2.24, 2.45) is 0 Å². The molecule has 0 aliphatic heterocycles. The number of anilines is 1. The first-order valence-corrected chi connectivity index (χ1v) is 12.1. The summed E-state index contributed by atoms with van der Waals surface area (Å²) in [5, 5.41) is 7.10. The zero-order chi connectivity index (χ0) is 25.5. The van der Waals surface area contributed by atoms with Crippen LogP contribution in [-0.2, 0) is 16.1 Å². The highest BCUT2D eigenvalue weighted by Crippen LogP contribution is 2.30. The Morgan fingerprint density at radius 1 is 0.972 bits per heavy atom. The molecule has 4 rings (SSSR count). The van der Waals surface area contributed by atoms with Crippen LogP contribution < -0.4 is 15.5 Å². The first-order chi connectivity index (χ1) is 17.4. The molecule has 2 aromatic carbocycles. The molecule has 1 atom stereocenters. The van der Waals surface area contributed by atoms with Crippen LogP contribution in [0, 0.1) is 12.7 Å². The maximum Gasteiger partial charge on any atom is 0.261 e. The summed E-state index contributed by atoms with van der Waals surface area (Å²) < 4.78 is 20.3. The van der Waals surface area contributed by atoms with Gasteiger partial charge in [-0.15, -0.1) is 11.3 Å². The maximum absolute atomic E-state index is 15.0. The Morgan fingerprint density at radius 2 is 1.75 bits per heavy atom. The number of benzene rings is 2. The van der Waals surface area contributed by atoms with E-state index >= 15 is 4.39 Å². The van der Waals surface area contributed by atoms with Gasteiger partial charge in [-0.1, -0.05) is 48.0 Å². The molecular formula is C27H24FN3O4S. The summed E-state index contributed by atoms with van der Waals surface area (Å²) in [7, 11) is 0. The lowest BCUT2D eigenvalue weighted by Crippen LogP contribution is -2.47. The quantitative estimate of drug-likeness (QED) is 0.348. The maximum atomic E-state index is 15.0. The Labute approximate surface area is 211 Å². The molecule has 0 fully saturated rings. The van der Waals surface area contributed by atoms with Gasteiger partial charge < -0.3 is 15.1 Å². The van der Waals surface area contributed by atoms with Gasteiger partial charge in [-0.2, -0.15) is 0 Å². The van der Waals surface area contributed by atoms with Gasteiger partial charge in [-0.05, 0) is 48.2 Å². The second-order valence-corrected chi connectivity index (χ2v) is 8.93. The Balaban J connectivity index is 1.68. The van der Waals surface area contributed by atoms with E-state index in [1.165, 1.54) is 35.8 Å². The molecule has 2 N–H and O–H groups in total. The van der Waals surface area contributed by atoms with Crippen LogP contribution in [0.3, 0.4) is 0 Å². The smallest absolute Gasteiger partial charge is 0.261 e. The van der Waals surface area contributed by atoms with E-state index in [4.69, 9.17) is 4.42 Å². The molecule has 0 saturated carbocycles. The summed E-state index contributed by atoms with van der Waals surface area (Å²) in [5.41, 5.74) is 1.37. The minimum Gasteiger partial charge on any atom is -0.467 e. The van der Waals surface area contributed by atoms with E-state index in [-0.39, 0.29) is 12.2 Å². The average molecular weight is 506 g/mol. The fourth-order valence-corrected chi connectivity index (χ4v) is 4.29. The number of hydrogen-bond acceptors (Lipinski definition) is 5. The highest BCUT2D eigenvalue weighted by molar-refractivity contribution is 7.12. The van der Waals surface area contributed by atoms with Gasteiger partial charge in [0.25, 0.3) is 5.91 Å². The Morgan fingerprint density at radius 3 is 2.42 bits per heavy atom. The van der Waals surface area contributed by atoms with Crippen molar-refractivity contribution in [3.05, 3.63) is 112 Å². The van der Waals surface area contributed by atoms with Crippen LogP contribution in [0.25, 0.3) is 0 Å². The second kappa shape index (κ2) is 11.5. The van der Waals surface area contributed by atoms with Gasteiger partial charge in [0.15, 0.2) is 0 Å². The zero-order valence-electron chi connectivity index (χ0n) is 19.4. The first-order valence-electron chi connectivity index (χ1n) is 11.2. The summed E-state index contributed by atoms with van der Waals surface area (Å²) in [4.78, 5) is 41.0. The van der Waals surface area contributed by atoms with Gasteiger partial charge in [-0.25, -0.2) is 4.39 Å². The van der Waals surface area contributed by atoms with Gasteiger partial charge in [-0.3, -0.25) is 19.3 Å². The van der Waals surface area contributed by atoms with Crippen molar-refractivity contribution in [3.8, 4) is 0 Å². The summed E-state index contributed by atoms with van der Waals surface area (Å²) in [6.45, 7) is 1.55. The molecule has 0 radical (unpaired) electrons. The second-order valence-electron chi connectivity index (χ2n) is 7.99. The van der Waals surface area contributed by atoms with Gasteiger partial charge in [0.1, 0.15) is 17.6 Å². The molecule has 7 nitrogen and oxygen atoms in total. The average Bonchev–Trinajstić information content (AvgIpc) is 3.60. The minimum atomic E-state index is -1.20. The lowest BCUT2D eigenvalue weighted by Gasteiger charge is -2.32. The first kappa shape index (κ1) is 24.9. The normalized spacial score (nSPS) is 11.5. The number of hydrogen-bond donors (Lipinski definition) is 2. The van der Waals surface area contributed by atoms with Gasteiger partial charge in [0.05, 0.1) is 29.9 Å². The predicted octanol–water partition coefficient (Wildman–Crippen LogP) is 4.61. The van der Waals surface area contributed by atoms with Crippen molar-refractivity contribution in [2.45, 2.75) is 19.5 Å². The number of furan rings is 1. The highest BCUT2D eigenvalue weighted by atomic mass is 32.1. The summed E-state index contributed by atoms with van der Waals surface area (Å²) in [6.07, 6.45) is 1.49. The molecule has 2 aromatic heterocycles. The summed E-state index contributed by atoms with van der Waals surface area (Å²) >= 11 is 1.23. The molecule has 4 aromatic rings. The summed E-state index contributed by atoms with van der Waals surface area (Å²) in [5.74, 6) is -1.76. The van der Waals surface area contributed by atoms with Gasteiger partial charge in [0, 0.05) is 0 Å². The minimum absolute atomic E-state index is 0.0772. The van der Waals surface area contributed by atoms with Crippen molar-refractivity contribution >= 4 is 34.7 Å². The molecule has 2 heterocycles. The van der Waals surface area contributed by atoms with E-state index in [0.29, 0.717) is 16.2 Å².